The molecule has 0 spiro atoms. The maximum Gasteiger partial charge on any atom is 0.255 e. The first-order valence-electron chi connectivity index (χ1n) is 10.5. The number of carbonyl (C=O) groups excluding carboxylic acids is 1. The third kappa shape index (κ3) is 4.43. The quantitative estimate of drug-likeness (QED) is 0.452. The van der Waals surface area contributed by atoms with Crippen molar-refractivity contribution in [2.45, 2.75) is 33.6 Å². The minimum absolute atomic E-state index is 0.194. The molecule has 31 heavy (non-hydrogen) atoms. The van der Waals surface area contributed by atoms with Gasteiger partial charge in [0.2, 0.25) is 0 Å². The summed E-state index contributed by atoms with van der Waals surface area (Å²) in [5, 5.41) is 12.2. The number of hydrogen-bond donors (Lipinski definition) is 1. The predicted molar refractivity (Wildman–Crippen MR) is 123 cm³/mol. The predicted octanol–water partition coefficient (Wildman–Crippen LogP) is 5.50. The van der Waals surface area contributed by atoms with E-state index in [4.69, 9.17) is 4.74 Å². The second kappa shape index (κ2) is 8.60. The number of anilines is 1. The molecule has 0 fully saturated rings. The van der Waals surface area contributed by atoms with Crippen molar-refractivity contribution in [1.82, 2.24) is 15.0 Å². The fourth-order valence-corrected chi connectivity index (χ4v) is 3.40. The van der Waals surface area contributed by atoms with E-state index in [1.807, 2.05) is 50.2 Å². The van der Waals surface area contributed by atoms with Crippen molar-refractivity contribution in [3.05, 3.63) is 77.4 Å². The summed E-state index contributed by atoms with van der Waals surface area (Å²) in [5.74, 6) is 0.955. The molecule has 3 aromatic carbocycles. The average molecular weight is 415 g/mol. The summed E-state index contributed by atoms with van der Waals surface area (Å²) in [6.07, 6.45) is 0. The number of fused-ring (bicyclic) bond motifs is 1. The van der Waals surface area contributed by atoms with Crippen LogP contribution in [0, 0.1) is 6.92 Å². The van der Waals surface area contributed by atoms with Gasteiger partial charge in [0.15, 0.2) is 0 Å². The minimum atomic E-state index is -0.194. The van der Waals surface area contributed by atoms with Gasteiger partial charge in [0.25, 0.3) is 5.91 Å². The van der Waals surface area contributed by atoms with Crippen molar-refractivity contribution in [1.29, 1.82) is 0 Å². The lowest BCUT2D eigenvalue weighted by Crippen LogP contribution is -2.13. The van der Waals surface area contributed by atoms with Crippen LogP contribution in [0.25, 0.3) is 16.7 Å². The molecular formula is C25H26N4O2. The first kappa shape index (κ1) is 20.6. The van der Waals surface area contributed by atoms with Crippen LogP contribution in [0.2, 0.25) is 0 Å². The first-order valence-corrected chi connectivity index (χ1v) is 10.5. The van der Waals surface area contributed by atoms with E-state index in [1.54, 1.807) is 16.9 Å². The standard InChI is InChI=1S/C25H26N4O2/c1-5-31-21-8-6-7-19(14-21)25(30)26-22-15-24-23(13-17(22)4)27-29(28-24)20-11-9-18(10-12-20)16(2)3/h6-16H,5H2,1-4H3,(H,26,30). The van der Waals surface area contributed by atoms with Crippen molar-refractivity contribution in [2.24, 2.45) is 0 Å². The number of carbonyl (C=O) groups is 1. The summed E-state index contributed by atoms with van der Waals surface area (Å²) in [6, 6.07) is 19.2. The molecule has 1 aromatic heterocycles. The average Bonchev–Trinajstić information content (AvgIpc) is 3.17. The maximum absolute atomic E-state index is 12.8. The number of aryl methyl sites for hydroxylation is 1. The molecule has 0 aliphatic heterocycles. The summed E-state index contributed by atoms with van der Waals surface area (Å²) >= 11 is 0. The van der Waals surface area contributed by atoms with Gasteiger partial charge in [-0.3, -0.25) is 4.79 Å². The monoisotopic (exact) mass is 414 g/mol. The Kier molecular flexibility index (Phi) is 5.71. The number of nitrogens with one attached hydrogen (secondary N) is 1. The fourth-order valence-electron chi connectivity index (χ4n) is 3.40. The molecule has 0 aliphatic carbocycles. The summed E-state index contributed by atoms with van der Waals surface area (Å²) < 4.78 is 5.49. The Morgan fingerprint density at radius 1 is 1.03 bits per heavy atom. The number of ether oxygens (including phenoxy) is 1. The van der Waals surface area contributed by atoms with Gasteiger partial charge >= 0.3 is 0 Å². The molecule has 6 heteroatoms. The highest BCUT2D eigenvalue weighted by molar-refractivity contribution is 6.05. The van der Waals surface area contributed by atoms with Gasteiger partial charge in [0, 0.05) is 11.3 Å². The maximum atomic E-state index is 12.8. The van der Waals surface area contributed by atoms with Crippen LogP contribution in [-0.4, -0.2) is 27.5 Å². The number of hydrogen-bond acceptors (Lipinski definition) is 4. The number of amides is 1. The van der Waals surface area contributed by atoms with Crippen LogP contribution in [0.4, 0.5) is 5.69 Å². The van der Waals surface area contributed by atoms with Gasteiger partial charge in [-0.25, -0.2) is 0 Å². The van der Waals surface area contributed by atoms with E-state index in [2.05, 4.69) is 41.5 Å². The highest BCUT2D eigenvalue weighted by Crippen LogP contribution is 2.24. The summed E-state index contributed by atoms with van der Waals surface area (Å²) in [7, 11) is 0. The molecular weight excluding hydrogens is 388 g/mol. The number of nitrogens with zero attached hydrogens (tertiary/aromatic N) is 3. The van der Waals surface area contributed by atoms with Crippen LogP contribution in [0.1, 0.15) is 48.2 Å². The van der Waals surface area contributed by atoms with E-state index in [9.17, 15) is 4.79 Å². The minimum Gasteiger partial charge on any atom is -0.494 e. The molecule has 0 saturated carbocycles. The highest BCUT2D eigenvalue weighted by Gasteiger charge is 2.13. The lowest BCUT2D eigenvalue weighted by Gasteiger charge is -2.09. The van der Waals surface area contributed by atoms with E-state index in [0.29, 0.717) is 29.5 Å². The number of benzene rings is 3. The second-order valence-corrected chi connectivity index (χ2v) is 7.81. The normalized spacial score (nSPS) is 11.1. The van der Waals surface area contributed by atoms with E-state index < -0.39 is 0 Å². The van der Waals surface area contributed by atoms with E-state index in [0.717, 1.165) is 22.3 Å². The van der Waals surface area contributed by atoms with Gasteiger partial charge < -0.3 is 10.1 Å². The van der Waals surface area contributed by atoms with Gasteiger partial charge in [-0.05, 0) is 73.4 Å². The highest BCUT2D eigenvalue weighted by atomic mass is 16.5. The van der Waals surface area contributed by atoms with E-state index >= 15 is 0 Å². The molecule has 0 aliphatic rings. The van der Waals surface area contributed by atoms with Crippen LogP contribution in [0.5, 0.6) is 5.75 Å². The van der Waals surface area contributed by atoms with Gasteiger partial charge in [-0.15, -0.1) is 10.2 Å². The third-order valence-corrected chi connectivity index (χ3v) is 5.17. The molecule has 0 bridgehead atoms. The molecule has 0 saturated heterocycles. The van der Waals surface area contributed by atoms with Crippen molar-refractivity contribution in [3.63, 3.8) is 0 Å². The molecule has 0 unspecified atom stereocenters. The Bertz CT molecular complexity index is 1230. The van der Waals surface area contributed by atoms with Crippen LogP contribution in [0.3, 0.4) is 0 Å². The molecule has 1 heterocycles. The molecule has 0 radical (unpaired) electrons. The molecule has 1 amide bonds. The summed E-state index contributed by atoms with van der Waals surface area (Å²) in [5.41, 5.74) is 5.84. The molecule has 4 rings (SSSR count). The van der Waals surface area contributed by atoms with Crippen molar-refractivity contribution >= 4 is 22.6 Å². The topological polar surface area (TPSA) is 69.0 Å². The molecule has 158 valence electrons. The zero-order valence-corrected chi connectivity index (χ0v) is 18.2. The van der Waals surface area contributed by atoms with Crippen molar-refractivity contribution in [3.8, 4) is 11.4 Å². The zero-order valence-electron chi connectivity index (χ0n) is 18.2. The molecule has 6 nitrogen and oxygen atoms in total. The summed E-state index contributed by atoms with van der Waals surface area (Å²) in [6.45, 7) is 8.75. The second-order valence-electron chi connectivity index (χ2n) is 7.81. The van der Waals surface area contributed by atoms with Crippen LogP contribution >= 0.6 is 0 Å². The molecule has 1 N–H and O–H groups in total. The molecule has 0 atom stereocenters. The Labute approximate surface area is 181 Å². The van der Waals surface area contributed by atoms with Gasteiger partial charge in [0.1, 0.15) is 16.8 Å². The lowest BCUT2D eigenvalue weighted by atomic mass is 10.0. The van der Waals surface area contributed by atoms with Crippen LogP contribution in [-0.2, 0) is 0 Å². The third-order valence-electron chi connectivity index (χ3n) is 5.17. The van der Waals surface area contributed by atoms with Gasteiger partial charge in [-0.2, -0.15) is 4.80 Å². The summed E-state index contributed by atoms with van der Waals surface area (Å²) in [4.78, 5) is 14.4. The van der Waals surface area contributed by atoms with E-state index in [1.165, 1.54) is 5.56 Å². The molecule has 4 aromatic rings. The van der Waals surface area contributed by atoms with Crippen molar-refractivity contribution < 1.29 is 9.53 Å². The first-order chi connectivity index (χ1) is 14.9. The SMILES string of the molecule is CCOc1cccc(C(=O)Nc2cc3nn(-c4ccc(C(C)C)cc4)nc3cc2C)c1. The fraction of sp³-hybridized carbons (Fsp3) is 0.240. The lowest BCUT2D eigenvalue weighted by molar-refractivity contribution is 0.102. The zero-order chi connectivity index (χ0) is 22.0. The number of rotatable bonds is 6. The Morgan fingerprint density at radius 3 is 2.42 bits per heavy atom. The van der Waals surface area contributed by atoms with Gasteiger partial charge in [0.05, 0.1) is 12.3 Å². The van der Waals surface area contributed by atoms with Crippen molar-refractivity contribution in [2.75, 3.05) is 11.9 Å². The largest absolute Gasteiger partial charge is 0.494 e. The smallest absolute Gasteiger partial charge is 0.255 e. The Hall–Kier alpha value is -3.67. The number of aromatic nitrogens is 3. The van der Waals surface area contributed by atoms with Gasteiger partial charge in [-0.1, -0.05) is 32.0 Å². The van der Waals surface area contributed by atoms with Crippen LogP contribution < -0.4 is 10.1 Å². The van der Waals surface area contributed by atoms with E-state index in [-0.39, 0.29) is 5.91 Å². The Balaban J connectivity index is 1.60. The van der Waals surface area contributed by atoms with Crippen LogP contribution in [0.15, 0.2) is 60.7 Å². The Morgan fingerprint density at radius 2 is 1.74 bits per heavy atom.